The molecule has 0 unspecified atom stereocenters. The Morgan fingerprint density at radius 2 is 1.41 bits per heavy atom. The number of para-hydroxylation sites is 4. The van der Waals surface area contributed by atoms with Crippen LogP contribution in [0.25, 0.3) is 22.1 Å². The largest absolute Gasteiger partial charge is 0.481 e. The van der Waals surface area contributed by atoms with Crippen molar-refractivity contribution < 1.29 is 9.90 Å². The first-order chi connectivity index (χ1) is 13.2. The summed E-state index contributed by atoms with van der Waals surface area (Å²) in [6.45, 7) is 1.86. The van der Waals surface area contributed by atoms with Gasteiger partial charge in [-0.15, -0.1) is 0 Å². The van der Waals surface area contributed by atoms with Gasteiger partial charge < -0.3 is 15.1 Å². The fraction of sp³-hybridized carbons (Fsp3) is 0.250. The van der Waals surface area contributed by atoms with Crippen molar-refractivity contribution >= 4 is 28.0 Å². The Balaban J connectivity index is 1.52. The normalized spacial score (nSPS) is 11.6. The lowest BCUT2D eigenvalue weighted by Gasteiger charge is -2.19. The number of rotatable bonds is 8. The number of aromatic nitrogens is 4. The Labute approximate surface area is 156 Å². The molecule has 0 saturated carbocycles. The molecular weight excluding hydrogens is 342 g/mol. The van der Waals surface area contributed by atoms with E-state index in [1.54, 1.807) is 0 Å². The van der Waals surface area contributed by atoms with Crippen molar-refractivity contribution in [1.82, 2.24) is 24.8 Å². The van der Waals surface area contributed by atoms with Crippen LogP contribution in [-0.4, -0.2) is 42.5 Å². The zero-order valence-corrected chi connectivity index (χ0v) is 14.9. The van der Waals surface area contributed by atoms with E-state index in [0.717, 1.165) is 33.7 Å². The summed E-state index contributed by atoms with van der Waals surface area (Å²) in [6.07, 6.45) is 0.729. The fourth-order valence-electron chi connectivity index (χ4n) is 3.25. The summed E-state index contributed by atoms with van der Waals surface area (Å²) in [5, 5.41) is 8.94. The van der Waals surface area contributed by atoms with E-state index in [9.17, 15) is 4.79 Å². The smallest absolute Gasteiger partial charge is 0.303 e. The van der Waals surface area contributed by atoms with Gasteiger partial charge >= 0.3 is 5.97 Å². The highest BCUT2D eigenvalue weighted by molar-refractivity contribution is 5.75. The predicted molar refractivity (Wildman–Crippen MR) is 103 cm³/mol. The van der Waals surface area contributed by atoms with E-state index < -0.39 is 5.97 Å². The number of benzene rings is 2. The quantitative estimate of drug-likeness (QED) is 0.446. The molecule has 0 radical (unpaired) electrons. The third kappa shape index (κ3) is 4.15. The molecule has 4 rings (SSSR count). The third-order valence-electron chi connectivity index (χ3n) is 4.49. The first-order valence-electron chi connectivity index (χ1n) is 8.99. The maximum absolute atomic E-state index is 10.9. The van der Waals surface area contributed by atoms with E-state index in [-0.39, 0.29) is 6.42 Å². The molecule has 0 aliphatic rings. The summed E-state index contributed by atoms with van der Waals surface area (Å²) in [5.74, 6) is 0.952. The maximum atomic E-state index is 10.9. The molecule has 0 amide bonds. The number of carboxylic acids is 1. The van der Waals surface area contributed by atoms with Crippen molar-refractivity contribution in [3.8, 4) is 0 Å². The van der Waals surface area contributed by atoms with Gasteiger partial charge in [0.1, 0.15) is 11.6 Å². The van der Waals surface area contributed by atoms with Crippen LogP contribution >= 0.6 is 0 Å². The lowest BCUT2D eigenvalue weighted by Crippen LogP contribution is -2.25. The Hall–Kier alpha value is -3.19. The molecule has 4 aromatic rings. The van der Waals surface area contributed by atoms with Crippen LogP contribution < -0.4 is 0 Å². The number of imidazole rings is 2. The molecule has 2 heterocycles. The number of H-pyrrole nitrogens is 2. The van der Waals surface area contributed by atoms with Crippen molar-refractivity contribution in [1.29, 1.82) is 0 Å². The molecule has 27 heavy (non-hydrogen) atoms. The third-order valence-corrected chi connectivity index (χ3v) is 4.49. The van der Waals surface area contributed by atoms with E-state index in [4.69, 9.17) is 5.11 Å². The summed E-state index contributed by atoms with van der Waals surface area (Å²) >= 11 is 0. The number of nitrogens with zero attached hydrogens (tertiary/aromatic N) is 3. The molecule has 0 fully saturated rings. The second kappa shape index (κ2) is 7.59. The number of nitrogens with one attached hydrogen (secondary N) is 2. The Morgan fingerprint density at radius 3 is 1.89 bits per heavy atom. The molecular formula is C20H21N5O2. The number of carbonyl (C=O) groups is 1. The zero-order valence-electron chi connectivity index (χ0n) is 14.9. The average Bonchev–Trinajstić information content (AvgIpc) is 3.23. The van der Waals surface area contributed by atoms with E-state index in [2.05, 4.69) is 24.8 Å². The van der Waals surface area contributed by atoms with Crippen LogP contribution in [0.3, 0.4) is 0 Å². The van der Waals surface area contributed by atoms with Crippen LogP contribution in [0.5, 0.6) is 0 Å². The van der Waals surface area contributed by atoms with Crippen molar-refractivity contribution in [2.24, 2.45) is 0 Å². The highest BCUT2D eigenvalue weighted by Gasteiger charge is 2.13. The minimum Gasteiger partial charge on any atom is -0.481 e. The first kappa shape index (κ1) is 17.2. The van der Waals surface area contributed by atoms with Crippen LogP contribution in [0, 0.1) is 0 Å². The van der Waals surface area contributed by atoms with Gasteiger partial charge in [-0.25, -0.2) is 9.97 Å². The number of hydrogen-bond acceptors (Lipinski definition) is 4. The monoisotopic (exact) mass is 363 g/mol. The van der Waals surface area contributed by atoms with Crippen molar-refractivity contribution in [3.63, 3.8) is 0 Å². The van der Waals surface area contributed by atoms with E-state index in [1.807, 2.05) is 48.5 Å². The van der Waals surface area contributed by atoms with Crippen molar-refractivity contribution in [2.75, 3.05) is 6.54 Å². The lowest BCUT2D eigenvalue weighted by atomic mass is 10.3. The van der Waals surface area contributed by atoms with Gasteiger partial charge in [0.15, 0.2) is 0 Å². The summed E-state index contributed by atoms with van der Waals surface area (Å²) < 4.78 is 0. The highest BCUT2D eigenvalue weighted by Crippen LogP contribution is 2.15. The second-order valence-electron chi connectivity index (χ2n) is 6.61. The van der Waals surface area contributed by atoms with Crippen molar-refractivity contribution in [3.05, 3.63) is 60.2 Å². The van der Waals surface area contributed by atoms with Gasteiger partial charge in [0, 0.05) is 6.42 Å². The molecule has 2 aromatic heterocycles. The summed E-state index contributed by atoms with van der Waals surface area (Å²) in [6, 6.07) is 15.8. The first-order valence-corrected chi connectivity index (χ1v) is 8.99. The molecule has 3 N–H and O–H groups in total. The number of carboxylic acid groups (broad SMARTS) is 1. The van der Waals surface area contributed by atoms with Gasteiger partial charge in [-0.1, -0.05) is 24.3 Å². The summed E-state index contributed by atoms with van der Waals surface area (Å²) in [5.41, 5.74) is 3.87. The van der Waals surface area contributed by atoms with Gasteiger partial charge in [-0.2, -0.15) is 0 Å². The Bertz CT molecular complexity index is 926. The standard InChI is InChI=1S/C20H21N5O2/c26-20(27)10-5-11-25(12-18-21-14-6-1-2-7-15(14)22-18)13-19-23-16-8-3-4-9-17(16)24-19/h1-4,6-9H,5,10-13H2,(H,21,22)(H,23,24)(H,26,27). The van der Waals surface area contributed by atoms with Gasteiger partial charge in [0.05, 0.1) is 35.2 Å². The van der Waals surface area contributed by atoms with Crippen LogP contribution in [0.1, 0.15) is 24.5 Å². The number of fused-ring (bicyclic) bond motifs is 2. The van der Waals surface area contributed by atoms with Gasteiger partial charge in [0.25, 0.3) is 0 Å². The average molecular weight is 363 g/mol. The molecule has 0 aliphatic carbocycles. The van der Waals surface area contributed by atoms with Crippen LogP contribution in [0.2, 0.25) is 0 Å². The van der Waals surface area contributed by atoms with E-state index in [1.165, 1.54) is 0 Å². The molecule has 0 bridgehead atoms. The minimum atomic E-state index is -0.776. The predicted octanol–water partition coefficient (Wildman–Crippen LogP) is 3.31. The molecule has 0 atom stereocenters. The fourth-order valence-corrected chi connectivity index (χ4v) is 3.25. The zero-order chi connectivity index (χ0) is 18.6. The summed E-state index contributed by atoms with van der Waals surface area (Å²) in [7, 11) is 0. The molecule has 0 saturated heterocycles. The molecule has 2 aromatic carbocycles. The van der Waals surface area contributed by atoms with Crippen LogP contribution in [0.4, 0.5) is 0 Å². The Kier molecular flexibility index (Phi) is 4.84. The molecule has 0 spiro atoms. The highest BCUT2D eigenvalue weighted by atomic mass is 16.4. The number of hydrogen-bond donors (Lipinski definition) is 3. The number of aromatic amines is 2. The Morgan fingerprint density at radius 1 is 0.889 bits per heavy atom. The van der Waals surface area contributed by atoms with Crippen LogP contribution in [0.15, 0.2) is 48.5 Å². The lowest BCUT2D eigenvalue weighted by molar-refractivity contribution is -0.137. The van der Waals surface area contributed by atoms with Crippen LogP contribution in [-0.2, 0) is 17.9 Å². The molecule has 7 nitrogen and oxygen atoms in total. The van der Waals surface area contributed by atoms with Gasteiger partial charge in [0.2, 0.25) is 0 Å². The van der Waals surface area contributed by atoms with E-state index >= 15 is 0 Å². The molecule has 138 valence electrons. The second-order valence-corrected chi connectivity index (χ2v) is 6.61. The van der Waals surface area contributed by atoms with Crippen molar-refractivity contribution in [2.45, 2.75) is 25.9 Å². The number of aliphatic carboxylic acids is 1. The van der Waals surface area contributed by atoms with E-state index in [0.29, 0.717) is 26.1 Å². The summed E-state index contributed by atoms with van der Waals surface area (Å²) in [4.78, 5) is 29.0. The van der Waals surface area contributed by atoms with Gasteiger partial charge in [-0.3, -0.25) is 9.69 Å². The SMILES string of the molecule is O=C(O)CCCN(Cc1nc2ccccc2[nH]1)Cc1nc2ccccc2[nH]1. The maximum Gasteiger partial charge on any atom is 0.303 e. The molecule has 7 heteroatoms. The van der Waals surface area contributed by atoms with Gasteiger partial charge in [-0.05, 0) is 37.2 Å². The minimum absolute atomic E-state index is 0.150. The topological polar surface area (TPSA) is 97.9 Å². The molecule has 0 aliphatic heterocycles.